The Morgan fingerprint density at radius 3 is 2.65 bits per heavy atom. The second-order valence-electron chi connectivity index (χ2n) is 5.71. The fourth-order valence-electron chi connectivity index (χ4n) is 2.40. The standard InChI is InChI=1S/C17H26N4O2/c1-18-17(20-11-10-19-16(22)13-8-9-13)21(2)12-14-6-4-5-7-15(14)23-3/h4-7,13H,8-12H2,1-3H3,(H,18,20)(H,19,22). The van der Waals surface area contributed by atoms with Gasteiger partial charge in [-0.1, -0.05) is 18.2 Å². The Morgan fingerprint density at radius 1 is 1.30 bits per heavy atom. The van der Waals surface area contributed by atoms with E-state index in [9.17, 15) is 4.79 Å². The Labute approximate surface area is 137 Å². The Kier molecular flexibility index (Phi) is 6.26. The number of hydrogen-bond donors (Lipinski definition) is 2. The van der Waals surface area contributed by atoms with Gasteiger partial charge in [0.05, 0.1) is 7.11 Å². The Morgan fingerprint density at radius 2 is 2.00 bits per heavy atom. The van der Waals surface area contributed by atoms with Crippen molar-refractivity contribution in [2.45, 2.75) is 19.4 Å². The predicted molar refractivity (Wildman–Crippen MR) is 91.6 cm³/mol. The van der Waals surface area contributed by atoms with Gasteiger partial charge < -0.3 is 20.3 Å². The van der Waals surface area contributed by atoms with E-state index in [4.69, 9.17) is 4.74 Å². The van der Waals surface area contributed by atoms with Gasteiger partial charge in [-0.25, -0.2) is 0 Å². The summed E-state index contributed by atoms with van der Waals surface area (Å²) < 4.78 is 5.38. The molecule has 0 aromatic heterocycles. The molecule has 0 unspecified atom stereocenters. The molecule has 1 aliphatic carbocycles. The minimum atomic E-state index is 0.171. The summed E-state index contributed by atoms with van der Waals surface area (Å²) in [5.74, 6) is 2.08. The molecule has 1 aromatic carbocycles. The number of ether oxygens (including phenoxy) is 1. The van der Waals surface area contributed by atoms with Crippen LogP contribution >= 0.6 is 0 Å². The van der Waals surface area contributed by atoms with Crippen LogP contribution in [0.15, 0.2) is 29.3 Å². The first-order valence-electron chi connectivity index (χ1n) is 7.97. The molecule has 1 saturated carbocycles. The van der Waals surface area contributed by atoms with Crippen molar-refractivity contribution in [3.8, 4) is 5.75 Å². The number of rotatable bonds is 7. The van der Waals surface area contributed by atoms with E-state index in [1.807, 2.05) is 36.2 Å². The van der Waals surface area contributed by atoms with E-state index >= 15 is 0 Å². The topological polar surface area (TPSA) is 66.0 Å². The smallest absolute Gasteiger partial charge is 0.223 e. The van der Waals surface area contributed by atoms with Crippen LogP contribution in [0.2, 0.25) is 0 Å². The van der Waals surface area contributed by atoms with Crippen molar-refractivity contribution in [3.05, 3.63) is 29.8 Å². The number of carbonyl (C=O) groups is 1. The number of hydrogen-bond acceptors (Lipinski definition) is 3. The lowest BCUT2D eigenvalue weighted by atomic mass is 10.2. The molecule has 1 aliphatic rings. The zero-order valence-corrected chi connectivity index (χ0v) is 14.1. The summed E-state index contributed by atoms with van der Waals surface area (Å²) in [6.07, 6.45) is 2.06. The summed E-state index contributed by atoms with van der Waals surface area (Å²) in [6, 6.07) is 7.94. The van der Waals surface area contributed by atoms with Gasteiger partial charge in [0.25, 0.3) is 0 Å². The fraction of sp³-hybridized carbons (Fsp3) is 0.529. The summed E-state index contributed by atoms with van der Waals surface area (Å²) in [4.78, 5) is 17.9. The number of carbonyl (C=O) groups excluding carboxylic acids is 1. The fourth-order valence-corrected chi connectivity index (χ4v) is 2.40. The normalized spacial score (nSPS) is 14.3. The molecule has 0 spiro atoms. The molecule has 6 nitrogen and oxygen atoms in total. The van der Waals surface area contributed by atoms with Gasteiger partial charge in [-0.05, 0) is 18.9 Å². The van der Waals surface area contributed by atoms with Crippen LogP contribution in [-0.4, -0.2) is 51.1 Å². The van der Waals surface area contributed by atoms with Crippen LogP contribution < -0.4 is 15.4 Å². The number of para-hydroxylation sites is 1. The highest BCUT2D eigenvalue weighted by atomic mass is 16.5. The Bertz CT molecular complexity index is 555. The number of nitrogens with one attached hydrogen (secondary N) is 2. The number of nitrogens with zero attached hydrogens (tertiary/aromatic N) is 2. The Hall–Kier alpha value is -2.24. The van der Waals surface area contributed by atoms with Gasteiger partial charge in [-0.2, -0.15) is 0 Å². The van der Waals surface area contributed by atoms with Crippen molar-refractivity contribution in [2.75, 3.05) is 34.3 Å². The largest absolute Gasteiger partial charge is 0.496 e. The van der Waals surface area contributed by atoms with Crippen molar-refractivity contribution >= 4 is 11.9 Å². The average molecular weight is 318 g/mol. The summed E-state index contributed by atoms with van der Waals surface area (Å²) in [5, 5.41) is 6.20. The zero-order valence-electron chi connectivity index (χ0n) is 14.1. The molecule has 2 N–H and O–H groups in total. The average Bonchev–Trinajstić information content (AvgIpc) is 3.40. The second-order valence-corrected chi connectivity index (χ2v) is 5.71. The minimum absolute atomic E-state index is 0.171. The molecule has 23 heavy (non-hydrogen) atoms. The van der Waals surface area contributed by atoms with E-state index in [-0.39, 0.29) is 11.8 Å². The van der Waals surface area contributed by atoms with Crippen LogP contribution in [0, 0.1) is 5.92 Å². The SMILES string of the molecule is CN=C(NCCNC(=O)C1CC1)N(C)Cc1ccccc1OC. The number of amides is 1. The maximum Gasteiger partial charge on any atom is 0.223 e. The van der Waals surface area contributed by atoms with E-state index < -0.39 is 0 Å². The first-order valence-corrected chi connectivity index (χ1v) is 7.97. The lowest BCUT2D eigenvalue weighted by Crippen LogP contribution is -2.42. The molecule has 1 amide bonds. The molecule has 1 aromatic rings. The van der Waals surface area contributed by atoms with Gasteiger partial charge >= 0.3 is 0 Å². The van der Waals surface area contributed by atoms with Crippen LogP contribution in [0.25, 0.3) is 0 Å². The second kappa shape index (κ2) is 8.41. The van der Waals surface area contributed by atoms with Crippen LogP contribution in [0.5, 0.6) is 5.75 Å². The van der Waals surface area contributed by atoms with Gasteiger partial charge in [0.15, 0.2) is 5.96 Å². The number of aliphatic imine (C=N–C) groups is 1. The number of benzene rings is 1. The molecule has 0 saturated heterocycles. The molecule has 1 fully saturated rings. The third-order valence-corrected chi connectivity index (χ3v) is 3.83. The van der Waals surface area contributed by atoms with Crippen molar-refractivity contribution in [3.63, 3.8) is 0 Å². The third-order valence-electron chi connectivity index (χ3n) is 3.83. The molecule has 2 rings (SSSR count). The van der Waals surface area contributed by atoms with Gasteiger partial charge in [0, 0.05) is 45.2 Å². The predicted octanol–water partition coefficient (Wildman–Crippen LogP) is 1.23. The summed E-state index contributed by atoms with van der Waals surface area (Å²) in [6.45, 7) is 1.95. The van der Waals surface area contributed by atoms with E-state index in [2.05, 4.69) is 15.6 Å². The van der Waals surface area contributed by atoms with E-state index in [1.54, 1.807) is 14.2 Å². The zero-order chi connectivity index (χ0) is 16.7. The summed E-state index contributed by atoms with van der Waals surface area (Å²) in [7, 11) is 5.41. The van der Waals surface area contributed by atoms with Crippen LogP contribution in [0.1, 0.15) is 18.4 Å². The van der Waals surface area contributed by atoms with Gasteiger partial charge in [0.2, 0.25) is 5.91 Å². The molecular weight excluding hydrogens is 292 g/mol. The number of guanidine groups is 1. The molecule has 126 valence electrons. The first-order chi connectivity index (χ1) is 11.2. The van der Waals surface area contributed by atoms with Crippen LogP contribution in [0.4, 0.5) is 0 Å². The molecular formula is C17H26N4O2. The van der Waals surface area contributed by atoms with E-state index in [1.165, 1.54) is 0 Å². The molecule has 0 atom stereocenters. The van der Waals surface area contributed by atoms with E-state index in [0.29, 0.717) is 19.6 Å². The van der Waals surface area contributed by atoms with Gasteiger partial charge in [-0.3, -0.25) is 9.79 Å². The van der Waals surface area contributed by atoms with E-state index in [0.717, 1.165) is 30.1 Å². The molecule has 0 aliphatic heterocycles. The highest BCUT2D eigenvalue weighted by Crippen LogP contribution is 2.28. The first kappa shape index (κ1) is 17.1. The van der Waals surface area contributed by atoms with Gasteiger partial charge in [-0.15, -0.1) is 0 Å². The maximum absolute atomic E-state index is 11.6. The Balaban J connectivity index is 1.78. The van der Waals surface area contributed by atoms with Crippen molar-refractivity contribution < 1.29 is 9.53 Å². The monoisotopic (exact) mass is 318 g/mol. The maximum atomic E-state index is 11.6. The highest BCUT2D eigenvalue weighted by Gasteiger charge is 2.28. The molecule has 6 heteroatoms. The molecule has 0 radical (unpaired) electrons. The number of methoxy groups -OCH3 is 1. The lowest BCUT2D eigenvalue weighted by molar-refractivity contribution is -0.122. The quantitative estimate of drug-likeness (QED) is 0.451. The summed E-state index contributed by atoms with van der Waals surface area (Å²) >= 11 is 0. The lowest BCUT2D eigenvalue weighted by Gasteiger charge is -2.23. The van der Waals surface area contributed by atoms with Crippen molar-refractivity contribution in [1.82, 2.24) is 15.5 Å². The summed E-state index contributed by atoms with van der Waals surface area (Å²) in [5.41, 5.74) is 1.10. The van der Waals surface area contributed by atoms with Crippen molar-refractivity contribution in [1.29, 1.82) is 0 Å². The van der Waals surface area contributed by atoms with Crippen molar-refractivity contribution in [2.24, 2.45) is 10.9 Å². The van der Waals surface area contributed by atoms with Gasteiger partial charge in [0.1, 0.15) is 5.75 Å². The third kappa shape index (κ3) is 5.16. The highest BCUT2D eigenvalue weighted by molar-refractivity contribution is 5.81. The molecule has 0 heterocycles. The van der Waals surface area contributed by atoms with Crippen LogP contribution in [0.3, 0.4) is 0 Å². The van der Waals surface area contributed by atoms with Crippen LogP contribution in [-0.2, 0) is 11.3 Å². The molecule has 0 bridgehead atoms. The minimum Gasteiger partial charge on any atom is -0.496 e.